The Morgan fingerprint density at radius 1 is 1.55 bits per heavy atom. The van der Waals surface area contributed by atoms with Crippen molar-refractivity contribution < 1.29 is 7.54 Å². The van der Waals surface area contributed by atoms with Gasteiger partial charge in [0.25, 0.3) is 0 Å². The topological polar surface area (TPSA) is 17.1 Å². The van der Waals surface area contributed by atoms with E-state index in [1.807, 2.05) is 20.8 Å². The number of ketones is 1. The summed E-state index contributed by atoms with van der Waals surface area (Å²) >= 11 is 0. The lowest BCUT2D eigenvalue weighted by atomic mass is 9.70. The highest BCUT2D eigenvalue weighted by molar-refractivity contribution is 5.89. The molecule has 0 saturated heterocycles. The fourth-order valence-corrected chi connectivity index (χ4v) is 2.34. The molecule has 4 atom stereocenters. The first-order valence-electron chi connectivity index (χ1n) is 5.36. The fraction of sp³-hybridized carbons (Fsp3) is 0.900. The molecule has 2 fully saturated rings. The largest absolute Gasteiger partial charge is 0.299 e. The highest BCUT2D eigenvalue weighted by Crippen LogP contribution is 2.63. The number of rotatable bonds is 0. The van der Waals surface area contributed by atoms with E-state index in [9.17, 15) is 4.79 Å². The summed E-state index contributed by atoms with van der Waals surface area (Å²) in [5.74, 6) is 0.304. The Labute approximate surface area is 71.0 Å². The summed E-state index contributed by atoms with van der Waals surface area (Å²) in [6.45, 7) is 5.96. The van der Waals surface area contributed by atoms with Gasteiger partial charge in [0.2, 0.25) is 0 Å². The standard InChI is InChI=1S/C10H16O/c1-9(2)7-4-5-10(9,3)8(11)6-7/h7H,4-6H2,1-3H3/i4D,5D. The zero-order chi connectivity index (χ0) is 10.0. The van der Waals surface area contributed by atoms with E-state index in [2.05, 4.69) is 0 Å². The molecule has 0 radical (unpaired) electrons. The molecule has 0 aromatic rings. The van der Waals surface area contributed by atoms with Gasteiger partial charge in [-0.05, 0) is 24.1 Å². The Balaban J connectivity index is 2.54. The smallest absolute Gasteiger partial charge is 0.139 e. The van der Waals surface area contributed by atoms with Gasteiger partial charge in [-0.2, -0.15) is 0 Å². The molecule has 1 nitrogen and oxygen atoms in total. The average molecular weight is 154 g/mol. The van der Waals surface area contributed by atoms with E-state index in [-0.39, 0.29) is 23.5 Å². The average Bonchev–Trinajstić information content (AvgIpc) is 2.28. The van der Waals surface area contributed by atoms with Gasteiger partial charge < -0.3 is 0 Å². The number of fused-ring (bicyclic) bond motifs is 2. The van der Waals surface area contributed by atoms with Gasteiger partial charge in [0.1, 0.15) is 5.78 Å². The minimum atomic E-state index is -0.565. The van der Waals surface area contributed by atoms with E-state index < -0.39 is 11.8 Å². The maximum absolute atomic E-state index is 11.7. The third-order valence-electron chi connectivity index (χ3n) is 3.91. The molecular weight excluding hydrogens is 136 g/mol. The molecule has 0 spiro atoms. The first kappa shape index (κ1) is 5.34. The van der Waals surface area contributed by atoms with E-state index in [0.29, 0.717) is 6.42 Å². The number of Topliss-reactive ketones (excluding diaryl/α,β-unsaturated/α-hetero) is 1. The summed E-state index contributed by atoms with van der Waals surface area (Å²) in [6, 6.07) is 0. The van der Waals surface area contributed by atoms with Gasteiger partial charge in [-0.25, -0.2) is 0 Å². The summed E-state index contributed by atoms with van der Waals surface area (Å²) in [6.07, 6.45) is -0.362. The summed E-state index contributed by atoms with van der Waals surface area (Å²) < 4.78 is 15.8. The van der Waals surface area contributed by atoms with E-state index in [0.717, 1.165) is 0 Å². The summed E-state index contributed by atoms with van der Waals surface area (Å²) in [7, 11) is 0. The predicted octanol–water partition coefficient (Wildman–Crippen LogP) is 2.40. The zero-order valence-electron chi connectivity index (χ0n) is 9.35. The molecule has 2 aliphatic rings. The minimum Gasteiger partial charge on any atom is -0.299 e. The highest BCUT2D eigenvalue weighted by Gasteiger charge is 2.61. The Bertz CT molecular complexity index is 274. The number of carbonyl (C=O) groups excluding carboxylic acids is 1. The number of hydrogen-bond acceptors (Lipinski definition) is 1. The predicted molar refractivity (Wildman–Crippen MR) is 44.2 cm³/mol. The zero-order valence-corrected chi connectivity index (χ0v) is 7.35. The van der Waals surface area contributed by atoms with Gasteiger partial charge in [-0.15, -0.1) is 0 Å². The monoisotopic (exact) mass is 154 g/mol. The third kappa shape index (κ3) is 0.605. The normalized spacial score (nSPS) is 62.8. The van der Waals surface area contributed by atoms with Crippen molar-refractivity contribution in [3.05, 3.63) is 0 Å². The maximum Gasteiger partial charge on any atom is 0.139 e. The first-order chi connectivity index (χ1) is 5.83. The van der Waals surface area contributed by atoms with Crippen molar-refractivity contribution in [2.45, 2.75) is 40.0 Å². The number of carbonyl (C=O) groups is 1. The molecule has 2 aliphatic carbocycles. The fourth-order valence-electron chi connectivity index (χ4n) is 2.34. The second-order valence-electron chi connectivity index (χ2n) is 4.52. The summed E-state index contributed by atoms with van der Waals surface area (Å²) in [5.41, 5.74) is -0.715. The summed E-state index contributed by atoms with van der Waals surface area (Å²) in [5, 5.41) is 0. The van der Waals surface area contributed by atoms with Crippen molar-refractivity contribution in [1.82, 2.24) is 0 Å². The minimum absolute atomic E-state index is 0.104. The molecule has 0 amide bonds. The van der Waals surface area contributed by atoms with Gasteiger partial charge in [0, 0.05) is 14.6 Å². The Morgan fingerprint density at radius 2 is 2.18 bits per heavy atom. The molecule has 11 heavy (non-hydrogen) atoms. The molecule has 2 bridgehead atoms. The molecule has 2 saturated carbocycles. The van der Waals surface area contributed by atoms with Gasteiger partial charge in [-0.1, -0.05) is 20.8 Å². The van der Waals surface area contributed by atoms with Crippen LogP contribution in [0.4, 0.5) is 0 Å². The van der Waals surface area contributed by atoms with Crippen molar-refractivity contribution in [3.63, 3.8) is 0 Å². The third-order valence-corrected chi connectivity index (χ3v) is 3.91. The lowest BCUT2D eigenvalue weighted by Crippen LogP contribution is -2.32. The SMILES string of the molecule is [2H]C1C2CC(=O)C(C)(C1[2H])C2(C)C. The molecule has 4 unspecified atom stereocenters. The van der Waals surface area contributed by atoms with Crippen LogP contribution >= 0.6 is 0 Å². The molecule has 0 heterocycles. The second kappa shape index (κ2) is 1.70. The first-order valence-corrected chi connectivity index (χ1v) is 4.21. The molecular formula is C10H16O. The van der Waals surface area contributed by atoms with E-state index in [1.165, 1.54) is 0 Å². The molecule has 0 aromatic carbocycles. The second-order valence-corrected chi connectivity index (χ2v) is 4.52. The van der Waals surface area contributed by atoms with E-state index in [1.54, 1.807) is 0 Å². The van der Waals surface area contributed by atoms with Crippen molar-refractivity contribution in [2.75, 3.05) is 0 Å². The van der Waals surface area contributed by atoms with Crippen LogP contribution in [-0.2, 0) is 4.79 Å². The molecule has 0 aliphatic heterocycles. The maximum atomic E-state index is 11.7. The van der Waals surface area contributed by atoms with Gasteiger partial charge in [0.05, 0.1) is 0 Å². The van der Waals surface area contributed by atoms with Gasteiger partial charge >= 0.3 is 0 Å². The van der Waals surface area contributed by atoms with E-state index >= 15 is 0 Å². The van der Waals surface area contributed by atoms with Crippen LogP contribution in [0.2, 0.25) is 0 Å². The lowest BCUT2D eigenvalue weighted by Gasteiger charge is -2.32. The van der Waals surface area contributed by atoms with Crippen molar-refractivity contribution in [2.24, 2.45) is 16.7 Å². The van der Waals surface area contributed by atoms with Crippen LogP contribution in [0.25, 0.3) is 0 Å². The van der Waals surface area contributed by atoms with Crippen LogP contribution in [0.1, 0.15) is 42.7 Å². The molecule has 0 N–H and O–H groups in total. The van der Waals surface area contributed by atoms with Crippen molar-refractivity contribution in [3.8, 4) is 0 Å². The Morgan fingerprint density at radius 3 is 2.55 bits per heavy atom. The van der Waals surface area contributed by atoms with Gasteiger partial charge in [-0.3, -0.25) is 4.79 Å². The molecule has 2 rings (SSSR count). The molecule has 0 aromatic heterocycles. The van der Waals surface area contributed by atoms with Crippen molar-refractivity contribution in [1.29, 1.82) is 0 Å². The van der Waals surface area contributed by atoms with Crippen LogP contribution in [-0.4, -0.2) is 5.78 Å². The Kier molecular flexibility index (Phi) is 0.826. The van der Waals surface area contributed by atoms with E-state index in [4.69, 9.17) is 2.74 Å². The van der Waals surface area contributed by atoms with Crippen LogP contribution < -0.4 is 0 Å². The molecule has 1 heteroatoms. The number of hydrogen-bond donors (Lipinski definition) is 0. The quantitative estimate of drug-likeness (QED) is 0.523. The molecule has 62 valence electrons. The van der Waals surface area contributed by atoms with Crippen molar-refractivity contribution >= 4 is 5.78 Å². The van der Waals surface area contributed by atoms with Crippen LogP contribution in [0.15, 0.2) is 0 Å². The summed E-state index contributed by atoms with van der Waals surface area (Å²) in [4.78, 5) is 11.7. The van der Waals surface area contributed by atoms with Gasteiger partial charge in [0.15, 0.2) is 0 Å². The highest BCUT2D eigenvalue weighted by atomic mass is 16.1. The lowest BCUT2D eigenvalue weighted by molar-refractivity contribution is -0.128. The van der Waals surface area contributed by atoms with Crippen LogP contribution in [0.5, 0.6) is 0 Å². The Hall–Kier alpha value is -0.330. The van der Waals surface area contributed by atoms with Crippen LogP contribution in [0, 0.1) is 16.7 Å². The van der Waals surface area contributed by atoms with Crippen LogP contribution in [0.3, 0.4) is 0 Å².